The first-order valence-corrected chi connectivity index (χ1v) is 10.6. The second-order valence-electron chi connectivity index (χ2n) is 6.97. The van der Waals surface area contributed by atoms with Crippen LogP contribution in [0.15, 0.2) is 53.6 Å². The highest BCUT2D eigenvalue weighted by atomic mass is 35.5. The number of pyridine rings is 1. The highest BCUT2D eigenvalue weighted by Gasteiger charge is 2.15. The van der Waals surface area contributed by atoms with E-state index < -0.39 is 0 Å². The molecule has 0 radical (unpaired) electrons. The van der Waals surface area contributed by atoms with Gasteiger partial charge in [0.2, 0.25) is 5.91 Å². The van der Waals surface area contributed by atoms with Crippen molar-refractivity contribution in [1.29, 1.82) is 0 Å². The van der Waals surface area contributed by atoms with Crippen molar-refractivity contribution >= 4 is 29.1 Å². The van der Waals surface area contributed by atoms with Crippen LogP contribution < -0.4 is 16.2 Å². The van der Waals surface area contributed by atoms with Crippen LogP contribution in [0.2, 0.25) is 10.0 Å². The summed E-state index contributed by atoms with van der Waals surface area (Å²) in [6.07, 6.45) is 3.51. The van der Waals surface area contributed by atoms with Crippen LogP contribution in [0.3, 0.4) is 0 Å². The van der Waals surface area contributed by atoms with Gasteiger partial charge in [0.15, 0.2) is 0 Å². The van der Waals surface area contributed by atoms with E-state index in [0.717, 1.165) is 16.8 Å². The fourth-order valence-corrected chi connectivity index (χ4v) is 3.52. The standard InChI is InChI=1S/C22H23Cl2N5O2/c1-25-12-15-5-6-17(23)10-16(15)13-27-21(30)11-19-20(24)14-28-29(22(19)31)9-7-18-4-2-3-8-26-18/h2-6,8,10,14,25H,7,9,11-13H2,1H3,(H,27,30). The molecule has 2 heterocycles. The van der Waals surface area contributed by atoms with Crippen molar-refractivity contribution in [3.05, 3.63) is 91.6 Å². The van der Waals surface area contributed by atoms with E-state index in [4.69, 9.17) is 23.2 Å². The molecule has 0 saturated carbocycles. The minimum atomic E-state index is -0.378. The molecule has 1 amide bonds. The van der Waals surface area contributed by atoms with E-state index in [-0.39, 0.29) is 28.5 Å². The van der Waals surface area contributed by atoms with E-state index in [1.165, 1.54) is 10.9 Å². The van der Waals surface area contributed by atoms with Gasteiger partial charge >= 0.3 is 0 Å². The first-order chi connectivity index (χ1) is 15.0. The number of benzene rings is 1. The third-order valence-electron chi connectivity index (χ3n) is 4.75. The molecule has 0 aliphatic carbocycles. The number of hydrogen-bond acceptors (Lipinski definition) is 5. The number of carbonyl (C=O) groups excluding carboxylic acids is 1. The Labute approximate surface area is 190 Å². The normalized spacial score (nSPS) is 10.8. The van der Waals surface area contributed by atoms with Crippen LogP contribution in [0, 0.1) is 0 Å². The number of rotatable bonds is 9. The summed E-state index contributed by atoms with van der Waals surface area (Å²) in [6, 6.07) is 11.1. The largest absolute Gasteiger partial charge is 0.352 e. The van der Waals surface area contributed by atoms with Crippen molar-refractivity contribution in [1.82, 2.24) is 25.4 Å². The van der Waals surface area contributed by atoms with Crippen LogP contribution in [-0.2, 0) is 37.3 Å². The minimum Gasteiger partial charge on any atom is -0.352 e. The maximum atomic E-state index is 12.8. The Kier molecular flexibility index (Phi) is 8.17. The lowest BCUT2D eigenvalue weighted by molar-refractivity contribution is -0.120. The molecule has 0 bridgehead atoms. The molecule has 3 aromatic rings. The Bertz CT molecular complexity index is 1100. The lowest BCUT2D eigenvalue weighted by Crippen LogP contribution is -2.32. The maximum Gasteiger partial charge on any atom is 0.271 e. The Balaban J connectivity index is 1.67. The molecular formula is C22H23Cl2N5O2. The Hall–Kier alpha value is -2.74. The summed E-state index contributed by atoms with van der Waals surface area (Å²) in [5.74, 6) is -0.308. The monoisotopic (exact) mass is 459 g/mol. The topological polar surface area (TPSA) is 88.9 Å². The molecule has 2 N–H and O–H groups in total. The lowest BCUT2D eigenvalue weighted by Gasteiger charge is -2.12. The number of amides is 1. The molecule has 7 nitrogen and oxygen atoms in total. The zero-order valence-corrected chi connectivity index (χ0v) is 18.6. The molecule has 0 spiro atoms. The highest BCUT2D eigenvalue weighted by Crippen LogP contribution is 2.16. The molecule has 0 unspecified atom stereocenters. The molecule has 0 saturated heterocycles. The third-order valence-corrected chi connectivity index (χ3v) is 5.31. The molecule has 0 fully saturated rings. The maximum absolute atomic E-state index is 12.8. The van der Waals surface area contributed by atoms with Crippen LogP contribution in [0.4, 0.5) is 0 Å². The van der Waals surface area contributed by atoms with Crippen molar-refractivity contribution in [2.45, 2.75) is 32.5 Å². The van der Waals surface area contributed by atoms with Crippen LogP contribution >= 0.6 is 23.2 Å². The number of nitrogens with one attached hydrogen (secondary N) is 2. The number of hydrogen-bond donors (Lipinski definition) is 2. The molecule has 2 aromatic heterocycles. The Morgan fingerprint density at radius 1 is 1.13 bits per heavy atom. The van der Waals surface area contributed by atoms with Crippen molar-refractivity contribution in [2.24, 2.45) is 0 Å². The average molecular weight is 460 g/mol. The van der Waals surface area contributed by atoms with Gasteiger partial charge in [0, 0.05) is 42.0 Å². The fourth-order valence-electron chi connectivity index (χ4n) is 3.13. The van der Waals surface area contributed by atoms with Gasteiger partial charge in [-0.15, -0.1) is 0 Å². The van der Waals surface area contributed by atoms with E-state index in [0.29, 0.717) is 31.1 Å². The van der Waals surface area contributed by atoms with Crippen molar-refractivity contribution in [2.75, 3.05) is 7.05 Å². The van der Waals surface area contributed by atoms with Gasteiger partial charge in [0.1, 0.15) is 0 Å². The predicted octanol–water partition coefficient (Wildman–Crippen LogP) is 2.77. The fraction of sp³-hybridized carbons (Fsp3) is 0.273. The van der Waals surface area contributed by atoms with Gasteiger partial charge in [-0.1, -0.05) is 35.3 Å². The Morgan fingerprint density at radius 2 is 1.97 bits per heavy atom. The summed E-state index contributed by atoms with van der Waals surface area (Å²) in [7, 11) is 1.85. The van der Waals surface area contributed by atoms with E-state index in [9.17, 15) is 9.59 Å². The summed E-state index contributed by atoms with van der Waals surface area (Å²) in [4.78, 5) is 29.6. The van der Waals surface area contributed by atoms with Gasteiger partial charge in [-0.2, -0.15) is 5.10 Å². The second-order valence-corrected chi connectivity index (χ2v) is 7.81. The van der Waals surface area contributed by atoms with E-state index in [1.54, 1.807) is 6.20 Å². The lowest BCUT2D eigenvalue weighted by atomic mass is 10.1. The van der Waals surface area contributed by atoms with Crippen LogP contribution in [0.25, 0.3) is 0 Å². The molecule has 9 heteroatoms. The smallest absolute Gasteiger partial charge is 0.271 e. The molecule has 0 atom stereocenters. The van der Waals surface area contributed by atoms with Gasteiger partial charge in [-0.05, 0) is 42.4 Å². The zero-order chi connectivity index (χ0) is 22.2. The number of nitrogens with zero attached hydrogens (tertiary/aromatic N) is 3. The third kappa shape index (κ3) is 6.37. The molecule has 162 valence electrons. The molecule has 0 aliphatic rings. The molecular weight excluding hydrogens is 437 g/mol. The first-order valence-electron chi connectivity index (χ1n) is 9.81. The van der Waals surface area contributed by atoms with E-state index in [2.05, 4.69) is 20.7 Å². The SMILES string of the molecule is CNCc1ccc(Cl)cc1CNC(=O)Cc1c(Cl)cnn(CCc2ccccn2)c1=O. The molecule has 1 aromatic carbocycles. The van der Waals surface area contributed by atoms with Crippen molar-refractivity contribution in [3.63, 3.8) is 0 Å². The molecule has 3 rings (SSSR count). The summed E-state index contributed by atoms with van der Waals surface area (Å²) < 4.78 is 1.31. The number of aromatic nitrogens is 3. The number of aryl methyl sites for hydroxylation is 2. The number of halogens is 2. The van der Waals surface area contributed by atoms with Gasteiger partial charge in [0.05, 0.1) is 24.2 Å². The first kappa shape index (κ1) is 22.9. The van der Waals surface area contributed by atoms with Gasteiger partial charge < -0.3 is 10.6 Å². The predicted molar refractivity (Wildman–Crippen MR) is 121 cm³/mol. The molecule has 0 aliphatic heterocycles. The van der Waals surface area contributed by atoms with Gasteiger partial charge in [-0.25, -0.2) is 4.68 Å². The molecule has 31 heavy (non-hydrogen) atoms. The highest BCUT2D eigenvalue weighted by molar-refractivity contribution is 6.31. The van der Waals surface area contributed by atoms with E-state index >= 15 is 0 Å². The zero-order valence-electron chi connectivity index (χ0n) is 17.1. The van der Waals surface area contributed by atoms with Crippen LogP contribution in [0.1, 0.15) is 22.4 Å². The van der Waals surface area contributed by atoms with Crippen molar-refractivity contribution in [3.8, 4) is 0 Å². The summed E-state index contributed by atoms with van der Waals surface area (Å²) in [5.41, 5.74) is 2.63. The minimum absolute atomic E-state index is 0.133. The van der Waals surface area contributed by atoms with E-state index in [1.807, 2.05) is 43.4 Å². The summed E-state index contributed by atoms with van der Waals surface area (Å²) >= 11 is 12.3. The van der Waals surface area contributed by atoms with Crippen LogP contribution in [-0.4, -0.2) is 27.7 Å². The Morgan fingerprint density at radius 3 is 2.71 bits per heavy atom. The summed E-state index contributed by atoms with van der Waals surface area (Å²) in [5, 5.41) is 10.8. The van der Waals surface area contributed by atoms with Crippen LogP contribution in [0.5, 0.6) is 0 Å². The van der Waals surface area contributed by atoms with Gasteiger partial charge in [0.25, 0.3) is 5.56 Å². The average Bonchev–Trinajstić information content (AvgIpc) is 2.77. The number of carbonyl (C=O) groups is 1. The second kappa shape index (κ2) is 11.0. The van der Waals surface area contributed by atoms with Gasteiger partial charge in [-0.3, -0.25) is 14.6 Å². The van der Waals surface area contributed by atoms with Crippen molar-refractivity contribution < 1.29 is 4.79 Å². The quantitative estimate of drug-likeness (QED) is 0.513. The summed E-state index contributed by atoms with van der Waals surface area (Å²) in [6.45, 7) is 1.30.